The van der Waals surface area contributed by atoms with Gasteiger partial charge in [-0.25, -0.2) is 9.59 Å². The van der Waals surface area contributed by atoms with Crippen LogP contribution in [0.1, 0.15) is 29.5 Å². The van der Waals surface area contributed by atoms with Crippen molar-refractivity contribution in [3.8, 4) is 0 Å². The lowest BCUT2D eigenvalue weighted by atomic mass is 10.2. The van der Waals surface area contributed by atoms with Crippen LogP contribution in [0.2, 0.25) is 0 Å². The van der Waals surface area contributed by atoms with Crippen molar-refractivity contribution in [2.24, 2.45) is 5.73 Å². The maximum Gasteiger partial charge on any atom is 0.359 e. The number of aryl methyl sites for hydroxylation is 1. The lowest BCUT2D eigenvalue weighted by Gasteiger charge is -2.01. The van der Waals surface area contributed by atoms with E-state index in [1.54, 1.807) is 11.4 Å². The fraction of sp³-hybridized carbons (Fsp3) is 0.400. The van der Waals surface area contributed by atoms with Gasteiger partial charge in [-0.1, -0.05) is 13.3 Å². The summed E-state index contributed by atoms with van der Waals surface area (Å²) in [5, 5.41) is 8.20. The third-order valence-corrected chi connectivity index (χ3v) is 1.96. The Balaban J connectivity index is 2.44. The molecule has 0 saturated heterocycles. The first-order chi connectivity index (χ1) is 8.52. The van der Waals surface area contributed by atoms with E-state index in [2.05, 4.69) is 14.9 Å². The number of H-pyrrole nitrogens is 1. The molecule has 8 heteroatoms. The van der Waals surface area contributed by atoms with Crippen molar-refractivity contribution < 1.29 is 19.1 Å². The number of nitrogens with one attached hydrogen (secondary N) is 2. The molecule has 3 amide bonds. The quantitative estimate of drug-likeness (QED) is 0.622. The summed E-state index contributed by atoms with van der Waals surface area (Å²) in [5.41, 5.74) is 5.62. The number of primary amides is 1. The molecule has 0 atom stereocenters. The van der Waals surface area contributed by atoms with Gasteiger partial charge in [0, 0.05) is 5.69 Å². The van der Waals surface area contributed by atoms with Gasteiger partial charge in [0.15, 0.2) is 12.3 Å². The first-order valence-electron chi connectivity index (χ1n) is 5.33. The van der Waals surface area contributed by atoms with Crippen LogP contribution < -0.4 is 11.1 Å². The molecule has 0 unspecified atom stereocenters. The van der Waals surface area contributed by atoms with Crippen LogP contribution in [-0.2, 0) is 16.0 Å². The fourth-order valence-electron chi connectivity index (χ4n) is 1.24. The number of rotatable bonds is 5. The van der Waals surface area contributed by atoms with Gasteiger partial charge in [-0.15, -0.1) is 0 Å². The number of carbonyl (C=O) groups excluding carboxylic acids is 3. The van der Waals surface area contributed by atoms with Crippen molar-refractivity contribution >= 4 is 17.9 Å². The molecular weight excluding hydrogens is 240 g/mol. The highest BCUT2D eigenvalue weighted by molar-refractivity contribution is 5.96. The van der Waals surface area contributed by atoms with Gasteiger partial charge in [-0.05, 0) is 12.5 Å². The first kappa shape index (κ1) is 13.7. The molecule has 1 aromatic rings. The number of urea groups is 1. The number of nitrogens with zero attached hydrogens (tertiary/aromatic N) is 1. The van der Waals surface area contributed by atoms with Gasteiger partial charge < -0.3 is 10.5 Å². The van der Waals surface area contributed by atoms with Gasteiger partial charge in [0.25, 0.3) is 5.91 Å². The molecule has 1 aromatic heterocycles. The van der Waals surface area contributed by atoms with Gasteiger partial charge in [0.2, 0.25) is 0 Å². The summed E-state index contributed by atoms with van der Waals surface area (Å²) in [6, 6.07) is 0.554. The van der Waals surface area contributed by atoms with Crippen LogP contribution >= 0.6 is 0 Å². The Hall–Kier alpha value is -2.38. The Bertz CT molecular complexity index is 454. The summed E-state index contributed by atoms with van der Waals surface area (Å²) < 4.78 is 4.64. The molecule has 4 N–H and O–H groups in total. The second-order valence-electron chi connectivity index (χ2n) is 3.52. The summed E-state index contributed by atoms with van der Waals surface area (Å²) in [5.74, 6) is -1.53. The predicted molar refractivity (Wildman–Crippen MR) is 60.6 cm³/mol. The van der Waals surface area contributed by atoms with Gasteiger partial charge in [0.1, 0.15) is 0 Å². The van der Waals surface area contributed by atoms with E-state index in [1.165, 1.54) is 0 Å². The van der Waals surface area contributed by atoms with Crippen molar-refractivity contribution in [1.82, 2.24) is 15.5 Å². The van der Waals surface area contributed by atoms with E-state index in [-0.39, 0.29) is 5.69 Å². The van der Waals surface area contributed by atoms with Crippen molar-refractivity contribution in [3.63, 3.8) is 0 Å². The number of hydrogen-bond acceptors (Lipinski definition) is 5. The van der Waals surface area contributed by atoms with E-state index < -0.39 is 24.5 Å². The number of imide groups is 1. The Morgan fingerprint density at radius 1 is 1.50 bits per heavy atom. The summed E-state index contributed by atoms with van der Waals surface area (Å²) in [6.45, 7) is 1.41. The third kappa shape index (κ3) is 4.24. The SMILES string of the molecule is CCCc1cc(C(=O)OCC(=O)NC(N)=O)n[nH]1. The molecular formula is C10H14N4O4. The predicted octanol–water partition coefficient (Wildman–Crippen LogP) is -0.286. The second-order valence-corrected chi connectivity index (χ2v) is 3.52. The third-order valence-electron chi connectivity index (χ3n) is 1.96. The zero-order valence-corrected chi connectivity index (χ0v) is 9.86. The highest BCUT2D eigenvalue weighted by atomic mass is 16.5. The zero-order chi connectivity index (χ0) is 13.5. The molecule has 8 nitrogen and oxygen atoms in total. The van der Waals surface area contributed by atoms with Crippen LogP contribution in [0.3, 0.4) is 0 Å². The molecule has 0 aliphatic rings. The molecule has 0 radical (unpaired) electrons. The van der Waals surface area contributed by atoms with E-state index in [1.807, 2.05) is 6.92 Å². The van der Waals surface area contributed by atoms with Crippen LogP contribution in [0.4, 0.5) is 4.79 Å². The minimum absolute atomic E-state index is 0.0883. The van der Waals surface area contributed by atoms with Gasteiger partial charge in [-0.2, -0.15) is 5.10 Å². The average Bonchev–Trinajstić information content (AvgIpc) is 2.74. The Labute approximate surface area is 103 Å². The molecule has 1 heterocycles. The number of nitrogens with two attached hydrogens (primary N) is 1. The molecule has 1 rings (SSSR count). The van der Waals surface area contributed by atoms with E-state index in [4.69, 9.17) is 5.73 Å². The molecule has 0 fully saturated rings. The van der Waals surface area contributed by atoms with Crippen molar-refractivity contribution in [1.29, 1.82) is 0 Å². The lowest BCUT2D eigenvalue weighted by molar-refractivity contribution is -0.123. The van der Waals surface area contributed by atoms with Gasteiger partial charge in [-0.3, -0.25) is 15.2 Å². The van der Waals surface area contributed by atoms with Crippen molar-refractivity contribution in [2.75, 3.05) is 6.61 Å². The normalized spacial score (nSPS) is 9.83. The smallest absolute Gasteiger partial charge is 0.359 e. The maximum atomic E-state index is 11.5. The number of carbonyl (C=O) groups is 3. The number of aromatic amines is 1. The molecule has 18 heavy (non-hydrogen) atoms. The summed E-state index contributed by atoms with van der Waals surface area (Å²) in [7, 11) is 0. The standard InChI is InChI=1S/C10H14N4O4/c1-2-3-6-4-7(14-13-6)9(16)18-5-8(15)12-10(11)17/h4H,2-3,5H2,1H3,(H,13,14)(H3,11,12,15,17). The van der Waals surface area contributed by atoms with E-state index in [9.17, 15) is 14.4 Å². The Kier molecular flexibility index (Phi) is 4.85. The first-order valence-corrected chi connectivity index (χ1v) is 5.33. The monoisotopic (exact) mass is 254 g/mol. The fourth-order valence-corrected chi connectivity index (χ4v) is 1.24. The maximum absolute atomic E-state index is 11.5. The summed E-state index contributed by atoms with van der Waals surface area (Å²) >= 11 is 0. The second kappa shape index (κ2) is 6.38. The summed E-state index contributed by atoms with van der Waals surface area (Å²) in [4.78, 5) is 32.8. The van der Waals surface area contributed by atoms with Gasteiger partial charge >= 0.3 is 12.0 Å². The highest BCUT2D eigenvalue weighted by Crippen LogP contribution is 2.03. The number of ether oxygens (including phenoxy) is 1. The van der Waals surface area contributed by atoms with Crippen LogP contribution in [0, 0.1) is 0 Å². The zero-order valence-electron chi connectivity index (χ0n) is 9.86. The van der Waals surface area contributed by atoms with Crippen molar-refractivity contribution in [3.05, 3.63) is 17.5 Å². The van der Waals surface area contributed by atoms with E-state index in [0.717, 1.165) is 18.5 Å². The Morgan fingerprint density at radius 2 is 2.22 bits per heavy atom. The highest BCUT2D eigenvalue weighted by Gasteiger charge is 2.14. The van der Waals surface area contributed by atoms with Crippen LogP contribution in [-0.4, -0.2) is 34.7 Å². The number of amides is 3. The number of hydrogen-bond donors (Lipinski definition) is 3. The molecule has 0 aliphatic carbocycles. The van der Waals surface area contributed by atoms with Crippen LogP contribution in [0.15, 0.2) is 6.07 Å². The Morgan fingerprint density at radius 3 is 2.83 bits per heavy atom. The molecule has 0 bridgehead atoms. The van der Waals surface area contributed by atoms with Gasteiger partial charge in [0.05, 0.1) is 0 Å². The molecule has 0 spiro atoms. The minimum atomic E-state index is -0.999. The molecule has 0 aromatic carbocycles. The van der Waals surface area contributed by atoms with Crippen LogP contribution in [0.25, 0.3) is 0 Å². The molecule has 98 valence electrons. The minimum Gasteiger partial charge on any atom is -0.451 e. The molecule has 0 saturated carbocycles. The average molecular weight is 254 g/mol. The number of esters is 1. The largest absolute Gasteiger partial charge is 0.451 e. The lowest BCUT2D eigenvalue weighted by Crippen LogP contribution is -2.37. The van der Waals surface area contributed by atoms with E-state index >= 15 is 0 Å². The number of aromatic nitrogens is 2. The molecule has 0 aliphatic heterocycles. The summed E-state index contributed by atoms with van der Waals surface area (Å²) in [6.07, 6.45) is 1.68. The van der Waals surface area contributed by atoms with Crippen LogP contribution in [0.5, 0.6) is 0 Å². The van der Waals surface area contributed by atoms with E-state index in [0.29, 0.717) is 0 Å². The topological polar surface area (TPSA) is 127 Å². The van der Waals surface area contributed by atoms with Crippen molar-refractivity contribution in [2.45, 2.75) is 19.8 Å².